The Balaban J connectivity index is 1.69. The van der Waals surface area contributed by atoms with Gasteiger partial charge in [0, 0.05) is 12.6 Å². The van der Waals surface area contributed by atoms with Crippen LogP contribution in [0, 0.1) is 0 Å². The van der Waals surface area contributed by atoms with Crippen LogP contribution in [-0.2, 0) is 6.42 Å². The van der Waals surface area contributed by atoms with Crippen LogP contribution in [0.5, 0.6) is 5.75 Å². The summed E-state index contributed by atoms with van der Waals surface area (Å²) in [4.78, 5) is 12.6. The number of ether oxygens (including phenoxy) is 1. The Labute approximate surface area is 146 Å². The Kier molecular flexibility index (Phi) is 4.90. The molecule has 5 heteroatoms. The van der Waals surface area contributed by atoms with E-state index in [1.165, 1.54) is 0 Å². The van der Waals surface area contributed by atoms with E-state index in [1.54, 1.807) is 18.4 Å². The quantitative estimate of drug-likeness (QED) is 0.727. The lowest BCUT2D eigenvalue weighted by Crippen LogP contribution is -2.28. The SMILES string of the molecule is COc1cccc(CCNC(=O)c2cc3sccc3n2C(C)C)c1. The fourth-order valence-electron chi connectivity index (χ4n) is 2.91. The van der Waals surface area contributed by atoms with Gasteiger partial charge in [0.05, 0.1) is 17.3 Å². The van der Waals surface area contributed by atoms with Crippen molar-refractivity contribution in [2.24, 2.45) is 0 Å². The van der Waals surface area contributed by atoms with Gasteiger partial charge in [-0.05, 0) is 55.5 Å². The number of nitrogens with zero attached hydrogens (tertiary/aromatic N) is 1. The van der Waals surface area contributed by atoms with Gasteiger partial charge in [0.1, 0.15) is 11.4 Å². The maximum atomic E-state index is 12.6. The molecule has 2 heterocycles. The first kappa shape index (κ1) is 16.6. The third-order valence-corrected chi connectivity index (χ3v) is 4.90. The zero-order valence-electron chi connectivity index (χ0n) is 14.2. The highest BCUT2D eigenvalue weighted by Crippen LogP contribution is 2.28. The molecule has 3 aromatic rings. The van der Waals surface area contributed by atoms with Crippen LogP contribution in [0.3, 0.4) is 0 Å². The molecule has 0 bridgehead atoms. The van der Waals surface area contributed by atoms with Crippen LogP contribution in [0.4, 0.5) is 0 Å². The fourth-order valence-corrected chi connectivity index (χ4v) is 3.73. The second-order valence-corrected chi connectivity index (χ2v) is 6.97. The molecule has 0 saturated heterocycles. The molecule has 0 atom stereocenters. The number of carbonyl (C=O) groups excluding carboxylic acids is 1. The van der Waals surface area contributed by atoms with Crippen LogP contribution in [0.1, 0.15) is 35.9 Å². The smallest absolute Gasteiger partial charge is 0.267 e. The Morgan fingerprint density at radius 3 is 2.88 bits per heavy atom. The second kappa shape index (κ2) is 7.09. The molecule has 1 amide bonds. The van der Waals surface area contributed by atoms with Gasteiger partial charge in [-0.3, -0.25) is 4.79 Å². The highest BCUT2D eigenvalue weighted by molar-refractivity contribution is 7.17. The summed E-state index contributed by atoms with van der Waals surface area (Å²) in [5, 5.41) is 5.10. The molecule has 0 aliphatic heterocycles. The normalized spacial score (nSPS) is 11.2. The second-order valence-electron chi connectivity index (χ2n) is 6.02. The first-order valence-corrected chi connectivity index (χ1v) is 8.97. The third-order valence-electron chi connectivity index (χ3n) is 4.04. The van der Waals surface area contributed by atoms with Gasteiger partial charge >= 0.3 is 0 Å². The van der Waals surface area contributed by atoms with Crippen LogP contribution in [0.15, 0.2) is 41.8 Å². The standard InChI is InChI=1S/C19H22N2O2S/c1-13(2)21-16-8-10-24-18(16)12-17(21)19(22)20-9-7-14-5-4-6-15(11-14)23-3/h4-6,8,10-13H,7,9H2,1-3H3,(H,20,22). The van der Waals surface area contributed by atoms with E-state index in [9.17, 15) is 4.79 Å². The number of aromatic nitrogens is 1. The van der Waals surface area contributed by atoms with Gasteiger partial charge in [-0.1, -0.05) is 12.1 Å². The fraction of sp³-hybridized carbons (Fsp3) is 0.316. The lowest BCUT2D eigenvalue weighted by molar-refractivity contribution is 0.0944. The minimum atomic E-state index is -0.0185. The number of hydrogen-bond acceptors (Lipinski definition) is 3. The van der Waals surface area contributed by atoms with Crippen molar-refractivity contribution in [3.63, 3.8) is 0 Å². The number of hydrogen-bond donors (Lipinski definition) is 1. The van der Waals surface area contributed by atoms with Gasteiger partial charge in [-0.2, -0.15) is 0 Å². The molecule has 1 aromatic carbocycles. The monoisotopic (exact) mass is 342 g/mol. The number of fused-ring (bicyclic) bond motifs is 1. The molecule has 2 aromatic heterocycles. The van der Waals surface area contributed by atoms with E-state index in [-0.39, 0.29) is 11.9 Å². The highest BCUT2D eigenvalue weighted by Gasteiger charge is 2.17. The number of thiophene rings is 1. The van der Waals surface area contributed by atoms with E-state index in [2.05, 4.69) is 35.2 Å². The van der Waals surface area contributed by atoms with Crippen molar-refractivity contribution in [3.05, 3.63) is 53.0 Å². The molecule has 0 aliphatic rings. The lowest BCUT2D eigenvalue weighted by Gasteiger charge is -2.14. The van der Waals surface area contributed by atoms with Crippen LogP contribution in [0.25, 0.3) is 10.2 Å². The molecule has 0 radical (unpaired) electrons. The molecule has 0 spiro atoms. The number of carbonyl (C=O) groups is 1. The van der Waals surface area contributed by atoms with Crippen LogP contribution in [-0.4, -0.2) is 24.1 Å². The first-order chi connectivity index (χ1) is 11.6. The summed E-state index contributed by atoms with van der Waals surface area (Å²) >= 11 is 1.67. The third kappa shape index (κ3) is 3.31. The first-order valence-electron chi connectivity index (χ1n) is 8.09. The summed E-state index contributed by atoms with van der Waals surface area (Å²) in [6.07, 6.45) is 0.777. The van der Waals surface area contributed by atoms with Crippen LogP contribution >= 0.6 is 11.3 Å². The van der Waals surface area contributed by atoms with Gasteiger partial charge in [0.15, 0.2) is 0 Å². The average Bonchev–Trinajstić information content (AvgIpc) is 3.15. The van der Waals surface area contributed by atoms with Crippen LogP contribution < -0.4 is 10.1 Å². The summed E-state index contributed by atoms with van der Waals surface area (Å²) < 4.78 is 8.49. The largest absolute Gasteiger partial charge is 0.497 e. The van der Waals surface area contributed by atoms with Crippen LogP contribution in [0.2, 0.25) is 0 Å². The molecule has 24 heavy (non-hydrogen) atoms. The van der Waals surface area contributed by atoms with Crippen molar-refractivity contribution in [1.82, 2.24) is 9.88 Å². The molecular formula is C19H22N2O2S. The zero-order chi connectivity index (χ0) is 17.1. The van der Waals surface area contributed by atoms with Gasteiger partial charge in [-0.25, -0.2) is 0 Å². The van der Waals surface area contributed by atoms with E-state index in [1.807, 2.05) is 30.3 Å². The summed E-state index contributed by atoms with van der Waals surface area (Å²) in [5.74, 6) is 0.822. The van der Waals surface area contributed by atoms with Crippen molar-refractivity contribution in [3.8, 4) is 5.75 Å². The van der Waals surface area contributed by atoms with E-state index in [4.69, 9.17) is 4.74 Å². The molecule has 3 rings (SSSR count). The maximum Gasteiger partial charge on any atom is 0.267 e. The number of amides is 1. The molecule has 0 fully saturated rings. The lowest BCUT2D eigenvalue weighted by atomic mass is 10.1. The van der Waals surface area contributed by atoms with Crippen molar-refractivity contribution >= 4 is 27.5 Å². The van der Waals surface area contributed by atoms with Gasteiger partial charge in [0.2, 0.25) is 0 Å². The summed E-state index contributed by atoms with van der Waals surface area (Å²) in [5.41, 5.74) is 3.01. The van der Waals surface area contributed by atoms with Gasteiger partial charge in [0.25, 0.3) is 5.91 Å². The topological polar surface area (TPSA) is 43.3 Å². The minimum Gasteiger partial charge on any atom is -0.497 e. The Hall–Kier alpha value is -2.27. The molecular weight excluding hydrogens is 320 g/mol. The molecule has 0 saturated carbocycles. The molecule has 0 unspecified atom stereocenters. The van der Waals surface area contributed by atoms with Crippen molar-refractivity contribution in [2.45, 2.75) is 26.3 Å². The number of benzene rings is 1. The summed E-state index contributed by atoms with van der Waals surface area (Å²) in [6.45, 7) is 4.80. The Morgan fingerprint density at radius 1 is 1.29 bits per heavy atom. The summed E-state index contributed by atoms with van der Waals surface area (Å²) in [7, 11) is 1.66. The number of rotatable bonds is 6. The van der Waals surface area contributed by atoms with Crippen molar-refractivity contribution in [1.29, 1.82) is 0 Å². The maximum absolute atomic E-state index is 12.6. The van der Waals surface area contributed by atoms with E-state index >= 15 is 0 Å². The van der Waals surface area contributed by atoms with Crippen molar-refractivity contribution < 1.29 is 9.53 Å². The van der Waals surface area contributed by atoms with Gasteiger partial charge < -0.3 is 14.6 Å². The molecule has 0 aliphatic carbocycles. The Bertz CT molecular complexity index is 848. The molecule has 1 N–H and O–H groups in total. The minimum absolute atomic E-state index is 0.0185. The van der Waals surface area contributed by atoms with E-state index < -0.39 is 0 Å². The predicted octanol–water partition coefficient (Wildman–Crippen LogP) is 4.26. The van der Waals surface area contributed by atoms with E-state index in [0.29, 0.717) is 6.54 Å². The van der Waals surface area contributed by atoms with E-state index in [0.717, 1.165) is 33.6 Å². The summed E-state index contributed by atoms with van der Waals surface area (Å²) in [6, 6.07) is 12.2. The molecule has 126 valence electrons. The van der Waals surface area contributed by atoms with Crippen molar-refractivity contribution in [2.75, 3.05) is 13.7 Å². The zero-order valence-corrected chi connectivity index (χ0v) is 15.0. The van der Waals surface area contributed by atoms with Gasteiger partial charge in [-0.15, -0.1) is 11.3 Å². The highest BCUT2D eigenvalue weighted by atomic mass is 32.1. The molecule has 4 nitrogen and oxygen atoms in total. The number of nitrogens with one attached hydrogen (secondary N) is 1. The average molecular weight is 342 g/mol. The number of methoxy groups -OCH3 is 1. The Morgan fingerprint density at radius 2 is 2.12 bits per heavy atom. The predicted molar refractivity (Wildman–Crippen MR) is 99.2 cm³/mol.